The Kier molecular flexibility index (Phi) is 8.24. The van der Waals surface area contributed by atoms with Crippen LogP contribution >= 0.6 is 23.2 Å². The molecule has 1 saturated heterocycles. The average Bonchev–Trinajstić information content (AvgIpc) is 3.76. The van der Waals surface area contributed by atoms with Crippen molar-refractivity contribution in [3.05, 3.63) is 183 Å². The van der Waals surface area contributed by atoms with E-state index in [9.17, 15) is 0 Å². The molecule has 0 amide bonds. The van der Waals surface area contributed by atoms with Crippen molar-refractivity contribution >= 4 is 40.9 Å². The van der Waals surface area contributed by atoms with Gasteiger partial charge in [0.25, 0.3) is 5.90 Å². The van der Waals surface area contributed by atoms with Crippen LogP contribution < -0.4 is 0 Å². The SMILES string of the molecule is C[C@H](c1ccccc1)N1C/C(=C\c2ccccc2)[C@]2(ON=C(c3ccc(Cl)cc3)O2)[C@]2(C1)ON=C(c1ccc(Cl)cc1)[C@H]2c1ccccc1. The molecular formula is C41H33Cl2N3O3. The smallest absolute Gasteiger partial charge is 0.346 e. The number of oxime groups is 2. The molecule has 3 aliphatic heterocycles. The van der Waals surface area contributed by atoms with Gasteiger partial charge in [0.2, 0.25) is 5.60 Å². The predicted octanol–water partition coefficient (Wildman–Crippen LogP) is 9.52. The molecule has 5 aromatic rings. The molecule has 0 unspecified atom stereocenters. The molecule has 4 atom stereocenters. The second kappa shape index (κ2) is 12.9. The highest BCUT2D eigenvalue weighted by Crippen LogP contribution is 2.57. The number of fused-ring (bicyclic) bond motifs is 1. The summed E-state index contributed by atoms with van der Waals surface area (Å²) in [7, 11) is 0. The summed E-state index contributed by atoms with van der Waals surface area (Å²) >= 11 is 12.6. The fourth-order valence-corrected chi connectivity index (χ4v) is 7.43. The molecule has 6 nitrogen and oxygen atoms in total. The normalized spacial score (nSPS) is 24.6. The summed E-state index contributed by atoms with van der Waals surface area (Å²) in [4.78, 5) is 16.0. The van der Waals surface area contributed by atoms with Crippen molar-refractivity contribution in [2.75, 3.05) is 13.1 Å². The van der Waals surface area contributed by atoms with E-state index in [1.165, 1.54) is 5.56 Å². The van der Waals surface area contributed by atoms with Crippen LogP contribution in [0.2, 0.25) is 10.0 Å². The maximum absolute atomic E-state index is 7.10. The third-order valence-corrected chi connectivity index (χ3v) is 10.2. The van der Waals surface area contributed by atoms with Gasteiger partial charge >= 0.3 is 5.79 Å². The molecular weight excluding hydrogens is 653 g/mol. The van der Waals surface area contributed by atoms with Gasteiger partial charge in [0, 0.05) is 39.3 Å². The molecule has 8 rings (SSSR count). The first-order chi connectivity index (χ1) is 24.0. The summed E-state index contributed by atoms with van der Waals surface area (Å²) in [6, 6.07) is 46.1. The van der Waals surface area contributed by atoms with Crippen LogP contribution in [-0.4, -0.2) is 41.0 Å². The molecule has 0 bridgehead atoms. The van der Waals surface area contributed by atoms with Crippen LogP contribution in [0.25, 0.3) is 6.08 Å². The molecule has 3 heterocycles. The van der Waals surface area contributed by atoms with E-state index < -0.39 is 17.3 Å². The van der Waals surface area contributed by atoms with Crippen molar-refractivity contribution in [1.29, 1.82) is 0 Å². The Morgan fingerprint density at radius 1 is 0.714 bits per heavy atom. The zero-order chi connectivity index (χ0) is 33.4. The van der Waals surface area contributed by atoms with Crippen molar-refractivity contribution in [3.63, 3.8) is 0 Å². The average molecular weight is 687 g/mol. The molecule has 0 saturated carbocycles. The Balaban J connectivity index is 1.35. The molecule has 3 aliphatic rings. The fourth-order valence-electron chi connectivity index (χ4n) is 7.17. The first kappa shape index (κ1) is 31.4. The summed E-state index contributed by atoms with van der Waals surface area (Å²) in [5, 5.41) is 10.8. The number of benzene rings is 5. The van der Waals surface area contributed by atoms with Crippen molar-refractivity contribution in [2.45, 2.75) is 30.3 Å². The maximum atomic E-state index is 7.10. The van der Waals surface area contributed by atoms with E-state index in [1.807, 2.05) is 91.0 Å². The largest absolute Gasteiger partial charge is 0.422 e. The number of ether oxygens (including phenoxy) is 1. The van der Waals surface area contributed by atoms with Gasteiger partial charge in [-0.2, -0.15) is 0 Å². The number of nitrogens with zero attached hydrogens (tertiary/aromatic N) is 3. The number of hydrogen-bond acceptors (Lipinski definition) is 6. The third kappa shape index (κ3) is 5.60. The summed E-state index contributed by atoms with van der Waals surface area (Å²) in [5.74, 6) is -1.59. The van der Waals surface area contributed by atoms with E-state index in [-0.39, 0.29) is 6.04 Å². The van der Waals surface area contributed by atoms with Crippen LogP contribution in [0, 0.1) is 0 Å². The van der Waals surface area contributed by atoms with E-state index in [1.54, 1.807) is 0 Å². The van der Waals surface area contributed by atoms with Crippen LogP contribution in [0.4, 0.5) is 0 Å². The Morgan fingerprint density at radius 3 is 1.96 bits per heavy atom. The molecule has 0 aromatic heterocycles. The molecule has 0 N–H and O–H groups in total. The predicted molar refractivity (Wildman–Crippen MR) is 195 cm³/mol. The van der Waals surface area contributed by atoms with E-state index in [4.69, 9.17) is 42.8 Å². The van der Waals surface area contributed by atoms with Crippen LogP contribution in [-0.2, 0) is 14.4 Å². The lowest BCUT2D eigenvalue weighted by atomic mass is 9.68. The maximum Gasteiger partial charge on any atom is 0.346 e. The number of hydrogen-bond donors (Lipinski definition) is 0. The zero-order valence-electron chi connectivity index (χ0n) is 26.7. The van der Waals surface area contributed by atoms with E-state index in [0.29, 0.717) is 29.0 Å². The van der Waals surface area contributed by atoms with Gasteiger partial charge in [0.05, 0.1) is 18.2 Å². The van der Waals surface area contributed by atoms with Crippen molar-refractivity contribution < 1.29 is 14.4 Å². The Bertz CT molecular complexity index is 2040. The lowest BCUT2D eigenvalue weighted by molar-refractivity contribution is -0.279. The Morgan fingerprint density at radius 2 is 1.31 bits per heavy atom. The topological polar surface area (TPSA) is 55.7 Å². The Hall–Kier alpha value is -4.88. The fraction of sp³-hybridized carbons (Fsp3) is 0.171. The molecule has 1 fully saturated rings. The summed E-state index contributed by atoms with van der Waals surface area (Å²) in [5.41, 5.74) is 5.20. The van der Waals surface area contributed by atoms with Crippen LogP contribution in [0.1, 0.15) is 46.7 Å². The lowest BCUT2D eigenvalue weighted by Crippen LogP contribution is -2.69. The number of halogens is 2. The van der Waals surface area contributed by atoms with Crippen LogP contribution in [0.5, 0.6) is 0 Å². The highest BCUT2D eigenvalue weighted by molar-refractivity contribution is 6.31. The molecule has 0 radical (unpaired) electrons. The second-order valence-corrected chi connectivity index (χ2v) is 13.5. The van der Waals surface area contributed by atoms with Gasteiger partial charge in [-0.05, 0) is 71.2 Å². The van der Waals surface area contributed by atoms with Crippen molar-refractivity contribution in [2.24, 2.45) is 10.3 Å². The minimum atomic E-state index is -1.50. The first-order valence-electron chi connectivity index (χ1n) is 16.3. The quantitative estimate of drug-likeness (QED) is 0.179. The number of piperidine rings is 1. The third-order valence-electron chi connectivity index (χ3n) is 9.67. The first-order valence-corrected chi connectivity index (χ1v) is 17.0. The lowest BCUT2D eigenvalue weighted by Gasteiger charge is -2.52. The summed E-state index contributed by atoms with van der Waals surface area (Å²) in [6.07, 6.45) is 2.14. The summed E-state index contributed by atoms with van der Waals surface area (Å²) in [6.45, 7) is 3.16. The van der Waals surface area contributed by atoms with Crippen LogP contribution in [0.3, 0.4) is 0 Å². The molecule has 5 aromatic carbocycles. The zero-order valence-corrected chi connectivity index (χ0v) is 28.3. The summed E-state index contributed by atoms with van der Waals surface area (Å²) < 4.78 is 7.10. The van der Waals surface area contributed by atoms with Gasteiger partial charge < -0.3 is 14.4 Å². The second-order valence-electron chi connectivity index (χ2n) is 12.6. The standard InChI is InChI=1S/C41H33Cl2N3O3/c1-28(30-13-7-3-8-14-30)46-26-34(25-29-11-5-2-6-12-29)41(47-39(45-49-41)33-19-23-36(43)24-20-33)40(27-46)37(31-15-9-4-10-16-31)38(44-48-40)32-17-21-35(42)22-18-32/h2-25,28,37H,26-27H2,1H3/b34-25+/t28-,37-,40-,41+/m1/s1. The van der Waals surface area contributed by atoms with Gasteiger partial charge in [0.15, 0.2) is 0 Å². The minimum absolute atomic E-state index is 0.0206. The van der Waals surface area contributed by atoms with E-state index >= 15 is 0 Å². The molecule has 8 heteroatoms. The van der Waals surface area contributed by atoms with Crippen molar-refractivity contribution in [3.8, 4) is 0 Å². The van der Waals surface area contributed by atoms with E-state index in [0.717, 1.165) is 33.5 Å². The van der Waals surface area contributed by atoms with Gasteiger partial charge in [-0.3, -0.25) is 4.90 Å². The number of rotatable bonds is 6. The van der Waals surface area contributed by atoms with Gasteiger partial charge in [-0.15, -0.1) is 0 Å². The van der Waals surface area contributed by atoms with Gasteiger partial charge in [-0.25, -0.2) is 0 Å². The highest BCUT2D eigenvalue weighted by Gasteiger charge is 2.74. The van der Waals surface area contributed by atoms with E-state index in [2.05, 4.69) is 71.6 Å². The molecule has 49 heavy (non-hydrogen) atoms. The minimum Gasteiger partial charge on any atom is -0.422 e. The highest BCUT2D eigenvalue weighted by atomic mass is 35.5. The molecule has 244 valence electrons. The van der Waals surface area contributed by atoms with Crippen molar-refractivity contribution in [1.82, 2.24) is 4.90 Å². The van der Waals surface area contributed by atoms with Crippen LogP contribution in [0.15, 0.2) is 155 Å². The Labute approximate surface area is 295 Å². The van der Waals surface area contributed by atoms with Gasteiger partial charge in [0.1, 0.15) is 0 Å². The monoisotopic (exact) mass is 685 g/mol. The molecule has 2 spiro atoms. The number of likely N-dealkylation sites (tertiary alicyclic amines) is 1. The van der Waals surface area contributed by atoms with Gasteiger partial charge in [-0.1, -0.05) is 131 Å². The molecule has 0 aliphatic carbocycles.